The van der Waals surface area contributed by atoms with E-state index in [-0.39, 0.29) is 17.2 Å². The van der Waals surface area contributed by atoms with Crippen molar-refractivity contribution in [2.45, 2.75) is 38.4 Å². The lowest BCUT2D eigenvalue weighted by atomic mass is 9.65. The highest BCUT2D eigenvalue weighted by Gasteiger charge is 2.77. The predicted octanol–water partition coefficient (Wildman–Crippen LogP) is 2.32. The Morgan fingerprint density at radius 1 is 1.38 bits per heavy atom. The summed E-state index contributed by atoms with van der Waals surface area (Å²) in [5.74, 6) is -0.108. The Morgan fingerprint density at radius 3 is 2.31 bits per heavy atom. The first kappa shape index (κ1) is 12.1. The molecule has 2 fully saturated rings. The lowest BCUT2D eigenvalue weighted by Crippen LogP contribution is -2.45. The second kappa shape index (κ2) is 3.09. The van der Waals surface area contributed by atoms with Crippen LogP contribution in [0.4, 0.5) is 0 Å². The van der Waals surface area contributed by atoms with Crippen molar-refractivity contribution in [3.05, 3.63) is 0 Å². The molecule has 0 aliphatic heterocycles. The Morgan fingerprint density at radius 2 is 1.94 bits per heavy atom. The molecular weight excluding hydrogens is 272 g/mol. The van der Waals surface area contributed by atoms with Crippen LogP contribution in [-0.2, 0) is 14.3 Å². The molecule has 0 aromatic heterocycles. The van der Waals surface area contributed by atoms with Gasteiger partial charge in [0, 0.05) is 5.41 Å². The molecule has 2 rings (SSSR count). The molecule has 2 aliphatic carbocycles. The molecule has 2 aliphatic rings. The van der Waals surface area contributed by atoms with E-state index < -0.39 is 15.7 Å². The molecule has 2 saturated carbocycles. The van der Waals surface area contributed by atoms with Crippen LogP contribution in [0, 0.1) is 16.2 Å². The van der Waals surface area contributed by atoms with Gasteiger partial charge in [-0.05, 0) is 18.3 Å². The first-order valence-electron chi connectivity index (χ1n) is 5.52. The third-order valence-electron chi connectivity index (χ3n) is 5.27. The van der Waals surface area contributed by atoms with E-state index >= 15 is 0 Å². The Hall–Kier alpha value is -0.380. The van der Waals surface area contributed by atoms with Crippen molar-refractivity contribution < 1.29 is 14.3 Å². The van der Waals surface area contributed by atoms with Gasteiger partial charge in [-0.3, -0.25) is 9.59 Å². The fourth-order valence-electron chi connectivity index (χ4n) is 3.59. The number of hydrogen-bond donors (Lipinski definition) is 0. The SMILES string of the molecule is COC(=O)C12CCC(C)(C(=O)C1Br)C2(C)C. The molecule has 3 unspecified atom stereocenters. The summed E-state index contributed by atoms with van der Waals surface area (Å²) < 4.78 is 4.93. The molecule has 4 heteroatoms. The van der Waals surface area contributed by atoms with E-state index in [4.69, 9.17) is 4.74 Å². The number of rotatable bonds is 1. The van der Waals surface area contributed by atoms with Crippen LogP contribution in [0.15, 0.2) is 0 Å². The summed E-state index contributed by atoms with van der Waals surface area (Å²) in [7, 11) is 1.39. The highest BCUT2D eigenvalue weighted by Crippen LogP contribution is 2.72. The lowest BCUT2D eigenvalue weighted by molar-refractivity contribution is -0.157. The second-order valence-corrected chi connectivity index (χ2v) is 6.56. The smallest absolute Gasteiger partial charge is 0.313 e. The van der Waals surface area contributed by atoms with Crippen LogP contribution in [0.25, 0.3) is 0 Å². The first-order chi connectivity index (χ1) is 7.25. The molecule has 0 aromatic rings. The summed E-state index contributed by atoms with van der Waals surface area (Å²) in [6.45, 7) is 5.99. The van der Waals surface area contributed by atoms with Crippen molar-refractivity contribution in [1.82, 2.24) is 0 Å². The van der Waals surface area contributed by atoms with Crippen molar-refractivity contribution in [3.8, 4) is 0 Å². The zero-order chi connectivity index (χ0) is 12.4. The summed E-state index contributed by atoms with van der Waals surface area (Å²) in [6.07, 6.45) is 1.50. The van der Waals surface area contributed by atoms with Crippen LogP contribution in [-0.4, -0.2) is 23.7 Å². The number of esters is 1. The topological polar surface area (TPSA) is 43.4 Å². The number of fused-ring (bicyclic) bond motifs is 2. The van der Waals surface area contributed by atoms with E-state index in [0.29, 0.717) is 0 Å². The number of Topliss-reactive ketones (excluding diaryl/α,β-unsaturated/α-hetero) is 1. The fraction of sp³-hybridized carbons (Fsp3) is 0.833. The van der Waals surface area contributed by atoms with Crippen LogP contribution < -0.4 is 0 Å². The molecule has 0 radical (unpaired) electrons. The van der Waals surface area contributed by atoms with E-state index in [1.165, 1.54) is 7.11 Å². The molecule has 16 heavy (non-hydrogen) atoms. The van der Waals surface area contributed by atoms with Crippen LogP contribution in [0.2, 0.25) is 0 Å². The van der Waals surface area contributed by atoms with Gasteiger partial charge in [0.05, 0.1) is 17.4 Å². The Kier molecular flexibility index (Phi) is 2.34. The third kappa shape index (κ3) is 0.918. The molecule has 3 nitrogen and oxygen atoms in total. The van der Waals surface area contributed by atoms with Crippen molar-refractivity contribution in [2.24, 2.45) is 16.2 Å². The maximum Gasteiger partial charge on any atom is 0.313 e. The fourth-order valence-corrected chi connectivity index (χ4v) is 5.08. The molecule has 0 spiro atoms. The van der Waals surface area contributed by atoms with Gasteiger partial charge in [-0.25, -0.2) is 0 Å². The van der Waals surface area contributed by atoms with Crippen LogP contribution >= 0.6 is 15.9 Å². The van der Waals surface area contributed by atoms with E-state index in [1.54, 1.807) is 0 Å². The Bertz CT molecular complexity index is 376. The second-order valence-electron chi connectivity index (χ2n) is 5.65. The van der Waals surface area contributed by atoms with Gasteiger partial charge in [-0.2, -0.15) is 0 Å². The minimum atomic E-state index is -0.687. The van der Waals surface area contributed by atoms with Crippen molar-refractivity contribution in [3.63, 3.8) is 0 Å². The summed E-state index contributed by atoms with van der Waals surface area (Å²) >= 11 is 3.42. The number of ketones is 1. The number of carbonyl (C=O) groups excluding carboxylic acids is 2. The predicted molar refractivity (Wildman–Crippen MR) is 63.3 cm³/mol. The Labute approximate surface area is 104 Å². The number of alkyl halides is 1. The van der Waals surface area contributed by atoms with Gasteiger partial charge in [-0.1, -0.05) is 36.7 Å². The van der Waals surface area contributed by atoms with Crippen LogP contribution in [0.3, 0.4) is 0 Å². The summed E-state index contributed by atoms with van der Waals surface area (Å²) in [6, 6.07) is 0. The van der Waals surface area contributed by atoms with Crippen LogP contribution in [0.5, 0.6) is 0 Å². The maximum atomic E-state index is 12.3. The number of halogens is 1. The molecule has 0 saturated heterocycles. The lowest BCUT2D eigenvalue weighted by Gasteiger charge is -2.38. The van der Waals surface area contributed by atoms with Gasteiger partial charge in [-0.15, -0.1) is 0 Å². The number of carbonyl (C=O) groups is 2. The maximum absolute atomic E-state index is 12.3. The van der Waals surface area contributed by atoms with Gasteiger partial charge in [0.2, 0.25) is 0 Å². The van der Waals surface area contributed by atoms with Crippen molar-refractivity contribution >= 4 is 27.7 Å². The van der Waals surface area contributed by atoms with E-state index in [1.807, 2.05) is 20.8 Å². The third-order valence-corrected chi connectivity index (χ3v) is 6.47. The minimum absolute atomic E-state index is 0.147. The van der Waals surface area contributed by atoms with Gasteiger partial charge >= 0.3 is 5.97 Å². The summed E-state index contributed by atoms with van der Waals surface area (Å²) in [5.41, 5.74) is -1.44. The van der Waals surface area contributed by atoms with Crippen molar-refractivity contribution in [1.29, 1.82) is 0 Å². The molecular formula is C12H17BrO3. The first-order valence-corrected chi connectivity index (χ1v) is 6.44. The largest absolute Gasteiger partial charge is 0.469 e. The number of methoxy groups -OCH3 is 1. The molecule has 2 bridgehead atoms. The van der Waals surface area contributed by atoms with Crippen molar-refractivity contribution in [2.75, 3.05) is 7.11 Å². The molecule has 90 valence electrons. The highest BCUT2D eigenvalue weighted by atomic mass is 79.9. The standard InChI is InChI=1S/C12H17BrO3/c1-10(2)11(3)5-6-12(10,9(15)16-4)7(13)8(11)14/h7H,5-6H2,1-4H3. The molecule has 0 aromatic carbocycles. The van der Waals surface area contributed by atoms with Gasteiger partial charge in [0.25, 0.3) is 0 Å². The van der Waals surface area contributed by atoms with E-state index in [9.17, 15) is 9.59 Å². The molecule has 0 heterocycles. The zero-order valence-corrected chi connectivity index (χ0v) is 11.7. The van der Waals surface area contributed by atoms with E-state index in [0.717, 1.165) is 12.8 Å². The molecule has 0 N–H and O–H groups in total. The average Bonchev–Trinajstić information content (AvgIpc) is 2.51. The van der Waals surface area contributed by atoms with Crippen LogP contribution in [0.1, 0.15) is 33.6 Å². The summed E-state index contributed by atoms with van der Waals surface area (Å²) in [4.78, 5) is 24.0. The molecule has 3 atom stereocenters. The minimum Gasteiger partial charge on any atom is -0.469 e. The Balaban J connectivity index is 2.63. The molecule has 0 amide bonds. The summed E-state index contributed by atoms with van der Waals surface area (Å²) in [5, 5.41) is 0. The normalized spacial score (nSPS) is 44.8. The number of hydrogen-bond acceptors (Lipinski definition) is 3. The van der Waals surface area contributed by atoms with Gasteiger partial charge in [0.15, 0.2) is 5.78 Å². The number of ether oxygens (including phenoxy) is 1. The van der Waals surface area contributed by atoms with Gasteiger partial charge < -0.3 is 4.74 Å². The zero-order valence-electron chi connectivity index (χ0n) is 10.1. The quantitative estimate of drug-likeness (QED) is 0.549. The highest BCUT2D eigenvalue weighted by molar-refractivity contribution is 9.10. The van der Waals surface area contributed by atoms with Gasteiger partial charge in [0.1, 0.15) is 0 Å². The van der Waals surface area contributed by atoms with E-state index in [2.05, 4.69) is 15.9 Å². The average molecular weight is 289 g/mol. The monoisotopic (exact) mass is 288 g/mol.